The molecule has 0 bridgehead atoms. The molecular weight excluding hydrogens is 263 g/mol. The maximum absolute atomic E-state index is 12.3. The molecule has 1 heterocycles. The molecule has 0 unspecified atom stereocenters. The summed E-state index contributed by atoms with van der Waals surface area (Å²) in [7, 11) is 0. The Bertz CT molecular complexity index is 380. The number of halogens is 3. The standard InChI is InChI=1S/C11H18F3N3O2/c1-8(2)5-10-15-9(16-19-10)6-17(3-4-18)7-11(12,13)14/h8,18H,3-7H2,1-2H3. The van der Waals surface area contributed by atoms with Crippen molar-refractivity contribution in [2.75, 3.05) is 19.7 Å². The van der Waals surface area contributed by atoms with E-state index in [1.165, 1.54) is 0 Å². The average molecular weight is 281 g/mol. The Morgan fingerprint density at radius 2 is 2.05 bits per heavy atom. The van der Waals surface area contributed by atoms with Crippen LogP contribution in [0.3, 0.4) is 0 Å². The van der Waals surface area contributed by atoms with Crippen LogP contribution in [0.1, 0.15) is 25.6 Å². The maximum Gasteiger partial charge on any atom is 0.401 e. The second kappa shape index (κ2) is 6.85. The van der Waals surface area contributed by atoms with Crippen molar-refractivity contribution in [2.24, 2.45) is 5.92 Å². The monoisotopic (exact) mass is 281 g/mol. The van der Waals surface area contributed by atoms with E-state index in [1.54, 1.807) is 0 Å². The van der Waals surface area contributed by atoms with E-state index >= 15 is 0 Å². The molecule has 1 rings (SSSR count). The lowest BCUT2D eigenvalue weighted by molar-refractivity contribution is -0.148. The normalized spacial score (nSPS) is 12.6. The van der Waals surface area contributed by atoms with Crippen LogP contribution in [-0.4, -0.2) is 46.0 Å². The van der Waals surface area contributed by atoms with Crippen molar-refractivity contribution in [1.29, 1.82) is 0 Å². The number of hydrogen-bond acceptors (Lipinski definition) is 5. The molecule has 0 fully saturated rings. The molecular formula is C11H18F3N3O2. The molecule has 0 saturated carbocycles. The third-order valence-electron chi connectivity index (χ3n) is 2.28. The second-order valence-corrected chi connectivity index (χ2v) is 4.75. The number of rotatable bonds is 7. The zero-order chi connectivity index (χ0) is 14.5. The Kier molecular flexibility index (Phi) is 5.74. The van der Waals surface area contributed by atoms with E-state index in [-0.39, 0.29) is 25.5 Å². The van der Waals surface area contributed by atoms with Gasteiger partial charge in [-0.1, -0.05) is 19.0 Å². The Hall–Kier alpha value is -1.15. The number of alkyl halides is 3. The van der Waals surface area contributed by atoms with Gasteiger partial charge >= 0.3 is 6.18 Å². The highest BCUT2D eigenvalue weighted by molar-refractivity contribution is 4.87. The van der Waals surface area contributed by atoms with Crippen LogP contribution in [0.5, 0.6) is 0 Å². The number of nitrogens with zero attached hydrogens (tertiary/aromatic N) is 3. The van der Waals surface area contributed by atoms with Crippen molar-refractivity contribution >= 4 is 0 Å². The molecule has 0 aromatic carbocycles. The first-order chi connectivity index (χ1) is 8.80. The molecule has 5 nitrogen and oxygen atoms in total. The molecule has 1 aromatic heterocycles. The van der Waals surface area contributed by atoms with Crippen LogP contribution in [0, 0.1) is 5.92 Å². The topological polar surface area (TPSA) is 62.4 Å². The summed E-state index contributed by atoms with van der Waals surface area (Å²) in [6.45, 7) is 2.31. The fraction of sp³-hybridized carbons (Fsp3) is 0.818. The number of hydrogen-bond donors (Lipinski definition) is 1. The van der Waals surface area contributed by atoms with Gasteiger partial charge in [-0.3, -0.25) is 4.90 Å². The molecule has 1 N–H and O–H groups in total. The number of aliphatic hydroxyl groups is 1. The van der Waals surface area contributed by atoms with Crippen LogP contribution in [0.25, 0.3) is 0 Å². The largest absolute Gasteiger partial charge is 0.401 e. The summed E-state index contributed by atoms with van der Waals surface area (Å²) < 4.78 is 41.9. The van der Waals surface area contributed by atoms with E-state index in [2.05, 4.69) is 10.1 Å². The number of aliphatic hydroxyl groups excluding tert-OH is 1. The molecule has 19 heavy (non-hydrogen) atoms. The summed E-state index contributed by atoms with van der Waals surface area (Å²) in [6, 6.07) is 0. The molecule has 0 atom stereocenters. The Balaban J connectivity index is 2.60. The van der Waals surface area contributed by atoms with Gasteiger partial charge in [-0.15, -0.1) is 0 Å². The van der Waals surface area contributed by atoms with E-state index in [1.807, 2.05) is 13.8 Å². The summed E-state index contributed by atoms with van der Waals surface area (Å²) in [4.78, 5) is 5.07. The fourth-order valence-corrected chi connectivity index (χ4v) is 1.60. The zero-order valence-electron chi connectivity index (χ0n) is 10.9. The van der Waals surface area contributed by atoms with Crippen LogP contribution in [0.4, 0.5) is 13.2 Å². The molecule has 0 radical (unpaired) electrons. The first-order valence-electron chi connectivity index (χ1n) is 6.01. The number of aromatic nitrogens is 2. The van der Waals surface area contributed by atoms with Crippen molar-refractivity contribution in [3.63, 3.8) is 0 Å². The smallest absolute Gasteiger partial charge is 0.395 e. The molecule has 0 amide bonds. The minimum absolute atomic E-state index is 0.0897. The minimum Gasteiger partial charge on any atom is -0.395 e. The molecule has 110 valence electrons. The third-order valence-corrected chi connectivity index (χ3v) is 2.28. The van der Waals surface area contributed by atoms with Gasteiger partial charge in [0.05, 0.1) is 19.7 Å². The van der Waals surface area contributed by atoms with E-state index in [0.717, 1.165) is 4.90 Å². The van der Waals surface area contributed by atoms with E-state index < -0.39 is 12.7 Å². The van der Waals surface area contributed by atoms with Crippen molar-refractivity contribution in [2.45, 2.75) is 33.0 Å². The molecule has 0 aliphatic carbocycles. The maximum atomic E-state index is 12.3. The first-order valence-corrected chi connectivity index (χ1v) is 6.01. The molecule has 0 aliphatic heterocycles. The highest BCUT2D eigenvalue weighted by Crippen LogP contribution is 2.17. The predicted octanol–water partition coefficient (Wildman–Crippen LogP) is 1.62. The van der Waals surface area contributed by atoms with Crippen LogP contribution in [0.2, 0.25) is 0 Å². The van der Waals surface area contributed by atoms with Gasteiger partial charge in [0.25, 0.3) is 0 Å². The average Bonchev–Trinajstić information content (AvgIpc) is 2.62. The second-order valence-electron chi connectivity index (χ2n) is 4.75. The first kappa shape index (κ1) is 15.9. The SMILES string of the molecule is CC(C)Cc1nc(CN(CCO)CC(F)(F)F)no1. The Morgan fingerprint density at radius 3 is 2.58 bits per heavy atom. The fourth-order valence-electron chi connectivity index (χ4n) is 1.60. The molecule has 0 spiro atoms. The lowest BCUT2D eigenvalue weighted by Crippen LogP contribution is -2.36. The van der Waals surface area contributed by atoms with Crippen molar-refractivity contribution in [3.05, 3.63) is 11.7 Å². The summed E-state index contributed by atoms with van der Waals surface area (Å²) in [6.07, 6.45) is -3.73. The highest BCUT2D eigenvalue weighted by atomic mass is 19.4. The highest BCUT2D eigenvalue weighted by Gasteiger charge is 2.31. The van der Waals surface area contributed by atoms with Gasteiger partial charge in [-0.05, 0) is 5.92 Å². The molecule has 0 saturated heterocycles. The van der Waals surface area contributed by atoms with Crippen LogP contribution in [-0.2, 0) is 13.0 Å². The molecule has 1 aromatic rings. The Labute approximate surface area is 109 Å². The van der Waals surface area contributed by atoms with Crippen molar-refractivity contribution in [3.8, 4) is 0 Å². The van der Waals surface area contributed by atoms with Gasteiger partial charge in [-0.2, -0.15) is 18.2 Å². The molecule has 0 aliphatic rings. The van der Waals surface area contributed by atoms with Gasteiger partial charge in [0.1, 0.15) is 0 Å². The van der Waals surface area contributed by atoms with Crippen LogP contribution < -0.4 is 0 Å². The summed E-state index contributed by atoms with van der Waals surface area (Å²) in [5, 5.41) is 12.4. The van der Waals surface area contributed by atoms with Crippen LogP contribution in [0.15, 0.2) is 4.52 Å². The van der Waals surface area contributed by atoms with E-state index in [0.29, 0.717) is 18.2 Å². The van der Waals surface area contributed by atoms with Gasteiger partial charge in [0.15, 0.2) is 5.82 Å². The van der Waals surface area contributed by atoms with Crippen molar-refractivity contribution in [1.82, 2.24) is 15.0 Å². The summed E-state index contributed by atoms with van der Waals surface area (Å²) in [5.41, 5.74) is 0. The predicted molar refractivity (Wildman–Crippen MR) is 61.3 cm³/mol. The zero-order valence-corrected chi connectivity index (χ0v) is 10.9. The third kappa shape index (κ3) is 6.53. The molecule has 8 heteroatoms. The summed E-state index contributed by atoms with van der Waals surface area (Å²) in [5.74, 6) is 0.950. The van der Waals surface area contributed by atoms with E-state index in [9.17, 15) is 13.2 Å². The Morgan fingerprint density at radius 1 is 1.37 bits per heavy atom. The summed E-state index contributed by atoms with van der Waals surface area (Å²) >= 11 is 0. The van der Waals surface area contributed by atoms with Crippen LogP contribution >= 0.6 is 0 Å². The van der Waals surface area contributed by atoms with Crippen molar-refractivity contribution < 1.29 is 22.8 Å². The van der Waals surface area contributed by atoms with Gasteiger partial charge in [-0.25, -0.2) is 0 Å². The van der Waals surface area contributed by atoms with Gasteiger partial charge in [0.2, 0.25) is 5.89 Å². The lowest BCUT2D eigenvalue weighted by Gasteiger charge is -2.20. The lowest BCUT2D eigenvalue weighted by atomic mass is 10.1. The minimum atomic E-state index is -4.32. The van der Waals surface area contributed by atoms with Gasteiger partial charge in [0, 0.05) is 13.0 Å². The van der Waals surface area contributed by atoms with Gasteiger partial charge < -0.3 is 9.63 Å². The quantitative estimate of drug-likeness (QED) is 0.823. The van der Waals surface area contributed by atoms with E-state index in [4.69, 9.17) is 9.63 Å².